The lowest BCUT2D eigenvalue weighted by atomic mass is 10.2. The molecule has 0 saturated heterocycles. The molecule has 0 fully saturated rings. The van der Waals surface area contributed by atoms with Crippen molar-refractivity contribution in [3.63, 3.8) is 0 Å². The summed E-state index contributed by atoms with van der Waals surface area (Å²) in [6.45, 7) is 1.33. The number of nitrogens with zero attached hydrogens (tertiary/aromatic N) is 2. The van der Waals surface area contributed by atoms with Crippen molar-refractivity contribution in [3.8, 4) is 11.5 Å². The van der Waals surface area contributed by atoms with Crippen LogP contribution in [0.25, 0.3) is 0 Å². The predicted octanol–water partition coefficient (Wildman–Crippen LogP) is 1.43. The van der Waals surface area contributed by atoms with Crippen LogP contribution >= 0.6 is 0 Å². The highest BCUT2D eigenvalue weighted by Gasteiger charge is 2.22. The molecule has 30 heavy (non-hydrogen) atoms. The average molecular weight is 436 g/mol. The van der Waals surface area contributed by atoms with Gasteiger partial charge in [0.15, 0.2) is 0 Å². The van der Waals surface area contributed by atoms with Gasteiger partial charge in [0.05, 0.1) is 36.3 Å². The third-order valence-electron chi connectivity index (χ3n) is 3.90. The number of rotatable bonds is 9. The first-order chi connectivity index (χ1) is 14.2. The molecule has 0 saturated carbocycles. The minimum atomic E-state index is -4.07. The van der Waals surface area contributed by atoms with Crippen molar-refractivity contribution in [2.75, 3.05) is 14.2 Å². The Bertz CT molecular complexity index is 1050. The lowest BCUT2D eigenvalue weighted by Crippen LogP contribution is -2.43. The maximum absolute atomic E-state index is 12.3. The highest BCUT2D eigenvalue weighted by molar-refractivity contribution is 7.89. The van der Waals surface area contributed by atoms with Crippen molar-refractivity contribution in [1.82, 2.24) is 10.1 Å². The van der Waals surface area contributed by atoms with Gasteiger partial charge < -0.3 is 9.47 Å². The molecule has 2 aromatic rings. The van der Waals surface area contributed by atoms with E-state index in [1.54, 1.807) is 18.2 Å². The summed E-state index contributed by atoms with van der Waals surface area (Å²) in [5.74, 6) is 0.354. The molecule has 0 aliphatic heterocycles. The quantitative estimate of drug-likeness (QED) is 0.343. The number of hydrogen-bond donors (Lipinski definition) is 2. The largest absolute Gasteiger partial charge is 0.497 e. The Morgan fingerprint density at radius 3 is 2.40 bits per heavy atom. The van der Waals surface area contributed by atoms with E-state index in [0.29, 0.717) is 17.1 Å². The number of nitrogens with one attached hydrogen (secondary N) is 2. The van der Waals surface area contributed by atoms with E-state index in [4.69, 9.17) is 9.47 Å². The van der Waals surface area contributed by atoms with Crippen LogP contribution in [0.4, 0.5) is 5.69 Å². The summed E-state index contributed by atoms with van der Waals surface area (Å²) >= 11 is 0. The van der Waals surface area contributed by atoms with Gasteiger partial charge in [-0.05, 0) is 37.3 Å². The molecule has 0 unspecified atom stereocenters. The number of carbonyl (C=O) groups is 1. The number of non-ortho nitro benzene ring substituents is 1. The Morgan fingerprint density at radius 1 is 1.17 bits per heavy atom. The first-order valence-electron chi connectivity index (χ1n) is 8.49. The van der Waals surface area contributed by atoms with Gasteiger partial charge in [-0.2, -0.15) is 9.82 Å². The van der Waals surface area contributed by atoms with E-state index in [2.05, 4.69) is 15.2 Å². The van der Waals surface area contributed by atoms with Crippen LogP contribution in [0, 0.1) is 10.1 Å². The number of nitro groups is 1. The topological polar surface area (TPSA) is 149 Å². The molecule has 2 rings (SSSR count). The van der Waals surface area contributed by atoms with Gasteiger partial charge in [0.1, 0.15) is 11.5 Å². The number of nitro benzene ring substituents is 1. The molecule has 0 radical (unpaired) electrons. The van der Waals surface area contributed by atoms with Gasteiger partial charge in [-0.25, -0.2) is 13.8 Å². The highest BCUT2D eigenvalue weighted by Crippen LogP contribution is 2.22. The third kappa shape index (κ3) is 5.75. The van der Waals surface area contributed by atoms with Crippen molar-refractivity contribution >= 4 is 27.8 Å². The number of hydrogen-bond acceptors (Lipinski definition) is 8. The molecule has 160 valence electrons. The maximum Gasteiger partial charge on any atom is 0.269 e. The van der Waals surface area contributed by atoms with Crippen LogP contribution in [0.1, 0.15) is 12.5 Å². The predicted molar refractivity (Wildman–Crippen MR) is 108 cm³/mol. The van der Waals surface area contributed by atoms with Crippen LogP contribution in [-0.4, -0.2) is 45.7 Å². The summed E-state index contributed by atoms with van der Waals surface area (Å²) in [7, 11) is -1.08. The van der Waals surface area contributed by atoms with Crippen molar-refractivity contribution in [1.29, 1.82) is 0 Å². The Labute approximate surface area is 172 Å². The third-order valence-corrected chi connectivity index (χ3v) is 5.45. The van der Waals surface area contributed by atoms with Crippen molar-refractivity contribution in [2.24, 2.45) is 5.10 Å². The molecule has 0 spiro atoms. The Morgan fingerprint density at radius 2 is 1.83 bits per heavy atom. The van der Waals surface area contributed by atoms with E-state index in [-0.39, 0.29) is 10.6 Å². The molecule has 0 aliphatic carbocycles. The smallest absolute Gasteiger partial charge is 0.269 e. The van der Waals surface area contributed by atoms with Gasteiger partial charge in [0.2, 0.25) is 10.0 Å². The van der Waals surface area contributed by atoms with Crippen LogP contribution in [0.2, 0.25) is 0 Å². The lowest BCUT2D eigenvalue weighted by Gasteiger charge is -2.12. The summed E-state index contributed by atoms with van der Waals surface area (Å²) in [6, 6.07) is 8.14. The van der Waals surface area contributed by atoms with E-state index >= 15 is 0 Å². The monoisotopic (exact) mass is 436 g/mol. The van der Waals surface area contributed by atoms with Gasteiger partial charge in [-0.15, -0.1) is 0 Å². The molecule has 1 amide bonds. The molecule has 12 heteroatoms. The first-order valence-corrected chi connectivity index (χ1v) is 9.98. The molecule has 0 bridgehead atoms. The fraction of sp³-hybridized carbons (Fsp3) is 0.222. The van der Waals surface area contributed by atoms with Crippen LogP contribution in [0.3, 0.4) is 0 Å². The highest BCUT2D eigenvalue weighted by atomic mass is 32.2. The SMILES string of the molecule is COc1ccc(OC)c(/C=N\NC(=O)[C@H](C)NS(=O)(=O)c2ccc([N+](=O)[O-])cc2)c1. The maximum atomic E-state index is 12.3. The number of amides is 1. The zero-order valence-corrected chi connectivity index (χ0v) is 17.2. The molecule has 1 atom stereocenters. The number of methoxy groups -OCH3 is 2. The minimum absolute atomic E-state index is 0.211. The number of benzene rings is 2. The summed E-state index contributed by atoms with van der Waals surface area (Å²) in [6.07, 6.45) is 1.33. The van der Waals surface area contributed by atoms with Crippen molar-refractivity contribution in [2.45, 2.75) is 17.9 Å². The molecular weight excluding hydrogens is 416 g/mol. The average Bonchev–Trinajstić information content (AvgIpc) is 2.73. The standard InChI is InChI=1S/C18H20N4O7S/c1-12(21-30(26,27)16-7-4-14(5-8-16)22(24)25)18(23)20-19-11-13-10-15(28-2)6-9-17(13)29-3/h4-12,21H,1-3H3,(H,20,23)/b19-11-/t12-/m0/s1. The first kappa shape index (κ1) is 22.8. The molecular formula is C18H20N4O7S. The summed E-state index contributed by atoms with van der Waals surface area (Å²) in [4.78, 5) is 22.0. The van der Waals surface area contributed by atoms with E-state index in [1.807, 2.05) is 0 Å². The van der Waals surface area contributed by atoms with Gasteiger partial charge in [0, 0.05) is 17.7 Å². The van der Waals surface area contributed by atoms with Gasteiger partial charge in [0.25, 0.3) is 11.6 Å². The second-order valence-electron chi connectivity index (χ2n) is 5.94. The van der Waals surface area contributed by atoms with Crippen molar-refractivity contribution in [3.05, 3.63) is 58.1 Å². The van der Waals surface area contributed by atoms with Crippen LogP contribution in [0.15, 0.2) is 52.5 Å². The second kappa shape index (κ2) is 9.80. The zero-order chi connectivity index (χ0) is 22.3. The van der Waals surface area contributed by atoms with E-state index in [0.717, 1.165) is 24.3 Å². The van der Waals surface area contributed by atoms with Crippen LogP contribution in [0.5, 0.6) is 11.5 Å². The Hall–Kier alpha value is -3.51. The van der Waals surface area contributed by atoms with Gasteiger partial charge in [-0.3, -0.25) is 14.9 Å². The fourth-order valence-electron chi connectivity index (χ4n) is 2.30. The number of ether oxygens (including phenoxy) is 2. The molecule has 2 aromatic carbocycles. The summed E-state index contributed by atoms with van der Waals surface area (Å²) in [5.41, 5.74) is 2.53. The van der Waals surface area contributed by atoms with Gasteiger partial charge in [-0.1, -0.05) is 0 Å². The van der Waals surface area contributed by atoms with Gasteiger partial charge >= 0.3 is 0 Å². The molecule has 0 aromatic heterocycles. The van der Waals surface area contributed by atoms with E-state index in [9.17, 15) is 23.3 Å². The molecule has 11 nitrogen and oxygen atoms in total. The zero-order valence-electron chi connectivity index (χ0n) is 16.4. The van der Waals surface area contributed by atoms with Crippen molar-refractivity contribution < 1.29 is 27.6 Å². The molecule has 0 aliphatic rings. The normalized spacial score (nSPS) is 12.4. The summed E-state index contributed by atoms with van der Waals surface area (Å²) in [5, 5.41) is 14.5. The lowest BCUT2D eigenvalue weighted by molar-refractivity contribution is -0.384. The van der Waals surface area contributed by atoms with E-state index in [1.165, 1.54) is 27.4 Å². The second-order valence-corrected chi connectivity index (χ2v) is 7.65. The number of carbonyl (C=O) groups excluding carboxylic acids is 1. The summed E-state index contributed by atoms with van der Waals surface area (Å²) < 4.78 is 37.2. The molecule has 2 N–H and O–H groups in total. The number of sulfonamides is 1. The van der Waals surface area contributed by atoms with Crippen LogP contribution in [-0.2, 0) is 14.8 Å². The fourth-order valence-corrected chi connectivity index (χ4v) is 3.51. The minimum Gasteiger partial charge on any atom is -0.497 e. The Kier molecular flexibility index (Phi) is 7.44. The molecule has 0 heterocycles. The number of hydrazone groups is 1. The van der Waals surface area contributed by atoms with E-state index < -0.39 is 26.9 Å². The Balaban J connectivity index is 2.04. The van der Waals surface area contributed by atoms with Crippen LogP contribution < -0.4 is 19.6 Å².